The molecular weight excluding hydrogens is 256 g/mol. The molecule has 0 aliphatic rings. The Morgan fingerprint density at radius 1 is 1.41 bits per heavy atom. The van der Waals surface area contributed by atoms with Gasteiger partial charge in [0.1, 0.15) is 0 Å². The van der Waals surface area contributed by atoms with Crippen molar-refractivity contribution in [2.24, 2.45) is 5.73 Å². The summed E-state index contributed by atoms with van der Waals surface area (Å²) in [4.78, 5) is 1.19. The van der Waals surface area contributed by atoms with Crippen LogP contribution in [0.3, 0.4) is 0 Å². The molecule has 0 atom stereocenters. The van der Waals surface area contributed by atoms with Gasteiger partial charge in [0.2, 0.25) is 10.0 Å². The van der Waals surface area contributed by atoms with Gasteiger partial charge in [-0.1, -0.05) is 6.07 Å². The predicted molar refractivity (Wildman–Crippen MR) is 71.7 cm³/mol. The number of thioether (sulfide) groups is 1. The maximum atomic E-state index is 12.0. The fourth-order valence-corrected chi connectivity index (χ4v) is 2.94. The smallest absolute Gasteiger partial charge is 0.240 e. The standard InChI is InChI=1S/C11H18N2O2S2/c1-11(2,12)8-13-17(14,15)10-6-4-5-9(7-10)16-3/h4-7,13H,8,12H2,1-3H3. The minimum atomic E-state index is -3.47. The summed E-state index contributed by atoms with van der Waals surface area (Å²) in [6.07, 6.45) is 1.90. The highest BCUT2D eigenvalue weighted by atomic mass is 32.2. The molecule has 3 N–H and O–H groups in total. The summed E-state index contributed by atoms with van der Waals surface area (Å²) in [6, 6.07) is 6.83. The van der Waals surface area contributed by atoms with Gasteiger partial charge in [0.05, 0.1) is 4.90 Å². The molecular formula is C11H18N2O2S2. The fraction of sp³-hybridized carbons (Fsp3) is 0.455. The molecule has 0 amide bonds. The van der Waals surface area contributed by atoms with Crippen molar-refractivity contribution in [1.82, 2.24) is 4.72 Å². The number of nitrogens with two attached hydrogens (primary N) is 1. The Balaban J connectivity index is 2.89. The lowest BCUT2D eigenvalue weighted by Crippen LogP contribution is -2.45. The molecule has 0 saturated carbocycles. The fourth-order valence-electron chi connectivity index (χ4n) is 1.13. The van der Waals surface area contributed by atoms with E-state index in [1.165, 1.54) is 11.8 Å². The Labute approximate surface area is 107 Å². The number of sulfonamides is 1. The molecule has 0 aromatic heterocycles. The van der Waals surface area contributed by atoms with Gasteiger partial charge in [-0.05, 0) is 38.3 Å². The van der Waals surface area contributed by atoms with Crippen molar-refractivity contribution in [2.45, 2.75) is 29.2 Å². The summed E-state index contributed by atoms with van der Waals surface area (Å²) in [7, 11) is -3.47. The van der Waals surface area contributed by atoms with E-state index in [0.717, 1.165) is 4.90 Å². The van der Waals surface area contributed by atoms with Crippen LogP contribution in [0.2, 0.25) is 0 Å². The molecule has 0 unspecified atom stereocenters. The zero-order chi connectivity index (χ0) is 13.1. The van der Waals surface area contributed by atoms with E-state index in [9.17, 15) is 8.42 Å². The first-order valence-corrected chi connectivity index (χ1v) is 7.88. The van der Waals surface area contributed by atoms with Gasteiger partial charge in [-0.2, -0.15) is 0 Å². The molecule has 0 aliphatic heterocycles. The van der Waals surface area contributed by atoms with Crippen LogP contribution in [0, 0.1) is 0 Å². The molecule has 0 saturated heterocycles. The van der Waals surface area contributed by atoms with Gasteiger partial charge in [0.25, 0.3) is 0 Å². The van der Waals surface area contributed by atoms with E-state index in [2.05, 4.69) is 4.72 Å². The van der Waals surface area contributed by atoms with Crippen LogP contribution in [0.1, 0.15) is 13.8 Å². The summed E-state index contributed by atoms with van der Waals surface area (Å²) in [5.74, 6) is 0. The van der Waals surface area contributed by atoms with E-state index in [1.807, 2.05) is 12.3 Å². The Kier molecular flexibility index (Phi) is 4.60. The Hall–Kier alpha value is -0.560. The number of nitrogens with one attached hydrogen (secondary N) is 1. The van der Waals surface area contributed by atoms with Crippen LogP contribution in [-0.4, -0.2) is 26.8 Å². The second kappa shape index (κ2) is 5.39. The van der Waals surface area contributed by atoms with E-state index in [-0.39, 0.29) is 11.4 Å². The molecule has 0 fully saturated rings. The second-order valence-corrected chi connectivity index (χ2v) is 7.14. The molecule has 1 rings (SSSR count). The largest absolute Gasteiger partial charge is 0.324 e. The number of benzene rings is 1. The van der Waals surface area contributed by atoms with E-state index in [1.54, 1.807) is 32.0 Å². The second-order valence-electron chi connectivity index (χ2n) is 4.49. The van der Waals surface area contributed by atoms with Gasteiger partial charge in [-0.25, -0.2) is 13.1 Å². The van der Waals surface area contributed by atoms with Gasteiger partial charge in [0, 0.05) is 17.0 Å². The highest BCUT2D eigenvalue weighted by molar-refractivity contribution is 7.98. The molecule has 0 bridgehead atoms. The first kappa shape index (κ1) is 14.5. The quantitative estimate of drug-likeness (QED) is 0.797. The predicted octanol–water partition coefficient (Wildman–Crippen LogP) is 1.42. The maximum absolute atomic E-state index is 12.0. The molecule has 0 aliphatic carbocycles. The minimum Gasteiger partial charge on any atom is -0.324 e. The van der Waals surface area contributed by atoms with Crippen molar-refractivity contribution in [2.75, 3.05) is 12.8 Å². The van der Waals surface area contributed by atoms with E-state index < -0.39 is 15.6 Å². The SMILES string of the molecule is CSc1cccc(S(=O)(=O)NCC(C)(C)N)c1. The summed E-state index contributed by atoms with van der Waals surface area (Å²) < 4.78 is 26.4. The van der Waals surface area contributed by atoms with Crippen LogP contribution in [0.15, 0.2) is 34.1 Å². The average molecular weight is 274 g/mol. The molecule has 0 heterocycles. The van der Waals surface area contributed by atoms with Crippen molar-refractivity contribution in [1.29, 1.82) is 0 Å². The van der Waals surface area contributed by atoms with E-state index in [0.29, 0.717) is 0 Å². The Morgan fingerprint density at radius 2 is 2.06 bits per heavy atom. The zero-order valence-corrected chi connectivity index (χ0v) is 11.9. The lowest BCUT2D eigenvalue weighted by atomic mass is 10.1. The van der Waals surface area contributed by atoms with Crippen molar-refractivity contribution in [3.8, 4) is 0 Å². The molecule has 0 spiro atoms. The molecule has 1 aromatic rings. The van der Waals surface area contributed by atoms with Crippen LogP contribution >= 0.6 is 11.8 Å². The van der Waals surface area contributed by atoms with Gasteiger partial charge >= 0.3 is 0 Å². The molecule has 96 valence electrons. The Bertz CT molecular complexity index is 478. The van der Waals surface area contributed by atoms with Gasteiger partial charge < -0.3 is 5.73 Å². The van der Waals surface area contributed by atoms with Crippen molar-refractivity contribution < 1.29 is 8.42 Å². The van der Waals surface area contributed by atoms with Gasteiger partial charge in [-0.15, -0.1) is 11.8 Å². The first-order valence-electron chi connectivity index (χ1n) is 5.17. The monoisotopic (exact) mass is 274 g/mol. The summed E-state index contributed by atoms with van der Waals surface area (Å²) in [5.41, 5.74) is 5.18. The lowest BCUT2D eigenvalue weighted by molar-refractivity contribution is 0.498. The molecule has 4 nitrogen and oxygen atoms in total. The average Bonchev–Trinajstić information content (AvgIpc) is 2.26. The third-order valence-corrected chi connectivity index (χ3v) is 4.19. The number of hydrogen-bond donors (Lipinski definition) is 2. The van der Waals surface area contributed by atoms with Gasteiger partial charge in [-0.3, -0.25) is 0 Å². The normalized spacial score (nSPS) is 12.7. The topological polar surface area (TPSA) is 72.2 Å². The van der Waals surface area contributed by atoms with Crippen LogP contribution < -0.4 is 10.5 Å². The zero-order valence-electron chi connectivity index (χ0n) is 10.2. The molecule has 1 aromatic carbocycles. The van der Waals surface area contributed by atoms with Crippen LogP contribution in [-0.2, 0) is 10.0 Å². The van der Waals surface area contributed by atoms with Gasteiger partial charge in [0.15, 0.2) is 0 Å². The third kappa shape index (κ3) is 4.67. The lowest BCUT2D eigenvalue weighted by Gasteiger charge is -2.19. The summed E-state index contributed by atoms with van der Waals surface area (Å²) in [5, 5.41) is 0. The number of rotatable bonds is 5. The highest BCUT2D eigenvalue weighted by Crippen LogP contribution is 2.18. The van der Waals surface area contributed by atoms with Crippen LogP contribution in [0.25, 0.3) is 0 Å². The molecule has 0 radical (unpaired) electrons. The first-order chi connectivity index (χ1) is 7.74. The van der Waals surface area contributed by atoms with E-state index in [4.69, 9.17) is 5.73 Å². The highest BCUT2D eigenvalue weighted by Gasteiger charge is 2.18. The molecule has 6 heteroatoms. The van der Waals surface area contributed by atoms with Crippen molar-refractivity contribution >= 4 is 21.8 Å². The van der Waals surface area contributed by atoms with Crippen molar-refractivity contribution in [3.05, 3.63) is 24.3 Å². The minimum absolute atomic E-state index is 0.207. The van der Waals surface area contributed by atoms with Crippen LogP contribution in [0.4, 0.5) is 0 Å². The summed E-state index contributed by atoms with van der Waals surface area (Å²) in [6.45, 7) is 3.75. The number of hydrogen-bond acceptors (Lipinski definition) is 4. The maximum Gasteiger partial charge on any atom is 0.240 e. The van der Waals surface area contributed by atoms with Crippen molar-refractivity contribution in [3.63, 3.8) is 0 Å². The molecule has 17 heavy (non-hydrogen) atoms. The van der Waals surface area contributed by atoms with Crippen LogP contribution in [0.5, 0.6) is 0 Å². The Morgan fingerprint density at radius 3 is 2.59 bits per heavy atom. The van der Waals surface area contributed by atoms with E-state index >= 15 is 0 Å². The summed E-state index contributed by atoms with van der Waals surface area (Å²) >= 11 is 1.51. The third-order valence-electron chi connectivity index (χ3n) is 2.07.